The van der Waals surface area contributed by atoms with Crippen LogP contribution in [-0.2, 0) is 17.7 Å². The maximum Gasteiger partial charge on any atom is 0.410 e. The first-order chi connectivity index (χ1) is 8.40. The third-order valence-electron chi connectivity index (χ3n) is 2.64. The van der Waals surface area contributed by atoms with Gasteiger partial charge in [0.2, 0.25) is 0 Å². The molecule has 1 amide bonds. The van der Waals surface area contributed by atoms with Crippen LogP contribution in [0.1, 0.15) is 32.1 Å². The van der Waals surface area contributed by atoms with Gasteiger partial charge in [0.15, 0.2) is 5.76 Å². The number of nitrogens with zero attached hydrogens (tertiary/aromatic N) is 2. The number of amides is 1. The van der Waals surface area contributed by atoms with Gasteiger partial charge in [0, 0.05) is 6.54 Å². The Kier molecular flexibility index (Phi) is 3.19. The van der Waals surface area contributed by atoms with Crippen LogP contribution in [0.3, 0.4) is 0 Å². The molecule has 2 rings (SSSR count). The van der Waals surface area contributed by atoms with Crippen molar-refractivity contribution in [3.05, 3.63) is 11.3 Å². The summed E-state index contributed by atoms with van der Waals surface area (Å²) in [7, 11) is 1.55. The molecule has 0 N–H and O–H groups in total. The van der Waals surface area contributed by atoms with E-state index in [9.17, 15) is 4.79 Å². The topological polar surface area (TPSA) is 64.8 Å². The Morgan fingerprint density at radius 3 is 2.78 bits per heavy atom. The van der Waals surface area contributed by atoms with Crippen molar-refractivity contribution in [1.29, 1.82) is 0 Å². The molecule has 6 heteroatoms. The van der Waals surface area contributed by atoms with Crippen molar-refractivity contribution in [1.82, 2.24) is 10.1 Å². The lowest BCUT2D eigenvalue weighted by Gasteiger charge is -2.28. The molecule has 6 nitrogen and oxygen atoms in total. The van der Waals surface area contributed by atoms with Gasteiger partial charge in [0.1, 0.15) is 5.60 Å². The number of ether oxygens (including phenoxy) is 2. The monoisotopic (exact) mass is 254 g/mol. The summed E-state index contributed by atoms with van der Waals surface area (Å²) in [5.74, 6) is 1.18. The molecule has 0 aromatic carbocycles. The number of hydrogen-bond donors (Lipinski definition) is 0. The van der Waals surface area contributed by atoms with E-state index >= 15 is 0 Å². The highest BCUT2D eigenvalue weighted by atomic mass is 16.6. The molecule has 0 saturated heterocycles. The third kappa shape index (κ3) is 2.57. The quantitative estimate of drug-likeness (QED) is 0.766. The Morgan fingerprint density at radius 2 is 2.17 bits per heavy atom. The Hall–Kier alpha value is -1.72. The minimum Gasteiger partial charge on any atom is -0.479 e. The van der Waals surface area contributed by atoms with Crippen LogP contribution in [0.15, 0.2) is 4.52 Å². The molecule has 0 aliphatic carbocycles. The molecule has 1 aromatic rings. The van der Waals surface area contributed by atoms with E-state index < -0.39 is 5.60 Å². The van der Waals surface area contributed by atoms with Crippen LogP contribution in [0.5, 0.6) is 5.88 Å². The normalized spacial score (nSPS) is 15.2. The van der Waals surface area contributed by atoms with Crippen LogP contribution in [0.4, 0.5) is 4.79 Å². The number of fused-ring (bicyclic) bond motifs is 1. The predicted molar refractivity (Wildman–Crippen MR) is 63.4 cm³/mol. The molecule has 0 radical (unpaired) electrons. The number of carbonyl (C=O) groups is 1. The first-order valence-electron chi connectivity index (χ1n) is 5.90. The lowest BCUT2D eigenvalue weighted by molar-refractivity contribution is 0.0205. The van der Waals surface area contributed by atoms with Crippen molar-refractivity contribution in [2.75, 3.05) is 13.7 Å². The molecule has 1 aliphatic heterocycles. The van der Waals surface area contributed by atoms with Gasteiger partial charge in [0.05, 0.1) is 19.2 Å². The number of aromatic nitrogens is 1. The van der Waals surface area contributed by atoms with Crippen LogP contribution in [0.25, 0.3) is 0 Å². The van der Waals surface area contributed by atoms with Crippen LogP contribution in [-0.4, -0.2) is 35.4 Å². The van der Waals surface area contributed by atoms with Crippen LogP contribution < -0.4 is 4.74 Å². The Bertz CT molecular complexity index is 447. The van der Waals surface area contributed by atoms with E-state index in [1.807, 2.05) is 20.8 Å². The minimum absolute atomic E-state index is 0.330. The molecule has 0 atom stereocenters. The van der Waals surface area contributed by atoms with Gasteiger partial charge < -0.3 is 18.9 Å². The highest BCUT2D eigenvalue weighted by Crippen LogP contribution is 2.27. The minimum atomic E-state index is -0.490. The second kappa shape index (κ2) is 4.51. The molecule has 1 aliphatic rings. The smallest absolute Gasteiger partial charge is 0.410 e. The second-order valence-corrected chi connectivity index (χ2v) is 5.25. The van der Waals surface area contributed by atoms with Crippen molar-refractivity contribution in [2.24, 2.45) is 0 Å². The van der Waals surface area contributed by atoms with Crippen molar-refractivity contribution in [3.63, 3.8) is 0 Å². The highest BCUT2D eigenvalue weighted by Gasteiger charge is 2.30. The molecule has 100 valence electrons. The third-order valence-corrected chi connectivity index (χ3v) is 2.64. The zero-order chi connectivity index (χ0) is 13.3. The summed E-state index contributed by atoms with van der Waals surface area (Å²) in [5, 5.41) is 3.81. The van der Waals surface area contributed by atoms with Gasteiger partial charge in [0.25, 0.3) is 5.88 Å². The molecular weight excluding hydrogens is 236 g/mol. The first-order valence-corrected chi connectivity index (χ1v) is 5.90. The summed E-state index contributed by atoms with van der Waals surface area (Å²) in [5.41, 5.74) is 0.452. The van der Waals surface area contributed by atoms with E-state index in [-0.39, 0.29) is 6.09 Å². The maximum absolute atomic E-state index is 11.9. The standard InChI is InChI=1S/C12H18N2O4/c1-12(2,3)17-11(15)14-6-5-8-9(7-14)18-13-10(8)16-4/h5-7H2,1-4H3. The summed E-state index contributed by atoms with van der Waals surface area (Å²) in [4.78, 5) is 13.5. The number of hydrogen-bond acceptors (Lipinski definition) is 5. The van der Waals surface area contributed by atoms with Crippen LogP contribution >= 0.6 is 0 Å². The fourth-order valence-corrected chi connectivity index (χ4v) is 1.84. The molecule has 0 saturated carbocycles. The fraction of sp³-hybridized carbons (Fsp3) is 0.667. The Morgan fingerprint density at radius 1 is 1.44 bits per heavy atom. The molecule has 0 unspecified atom stereocenters. The van der Waals surface area contributed by atoms with Gasteiger partial charge in [-0.3, -0.25) is 0 Å². The SMILES string of the molecule is COc1noc2c1CCN(C(=O)OC(C)(C)C)C2. The maximum atomic E-state index is 11.9. The average Bonchev–Trinajstić information content (AvgIpc) is 2.68. The molecular formula is C12H18N2O4. The van der Waals surface area contributed by atoms with Crippen LogP contribution in [0, 0.1) is 0 Å². The van der Waals surface area contributed by atoms with E-state index in [0.29, 0.717) is 31.2 Å². The van der Waals surface area contributed by atoms with Gasteiger partial charge in [-0.1, -0.05) is 0 Å². The molecule has 0 bridgehead atoms. The Balaban J connectivity index is 2.06. The molecule has 18 heavy (non-hydrogen) atoms. The molecule has 1 aromatic heterocycles. The molecule has 0 fully saturated rings. The number of carbonyl (C=O) groups excluding carboxylic acids is 1. The summed E-state index contributed by atoms with van der Waals surface area (Å²) >= 11 is 0. The zero-order valence-corrected chi connectivity index (χ0v) is 11.1. The summed E-state index contributed by atoms with van der Waals surface area (Å²) in [6.45, 7) is 6.49. The summed E-state index contributed by atoms with van der Waals surface area (Å²) in [6, 6.07) is 0. The molecule has 2 heterocycles. The first kappa shape index (κ1) is 12.7. The van der Waals surface area contributed by atoms with E-state index in [2.05, 4.69) is 5.16 Å². The van der Waals surface area contributed by atoms with Gasteiger partial charge in [-0.05, 0) is 32.3 Å². The van der Waals surface area contributed by atoms with Crippen molar-refractivity contribution in [2.45, 2.75) is 39.3 Å². The van der Waals surface area contributed by atoms with E-state index in [4.69, 9.17) is 14.0 Å². The summed E-state index contributed by atoms with van der Waals surface area (Å²) in [6.07, 6.45) is 0.338. The van der Waals surface area contributed by atoms with Crippen molar-refractivity contribution in [3.8, 4) is 5.88 Å². The van der Waals surface area contributed by atoms with Crippen molar-refractivity contribution < 1.29 is 18.8 Å². The molecule has 0 spiro atoms. The van der Waals surface area contributed by atoms with Gasteiger partial charge in [-0.15, -0.1) is 0 Å². The predicted octanol–water partition coefficient (Wildman–Crippen LogP) is 1.98. The number of rotatable bonds is 1. The van der Waals surface area contributed by atoms with Gasteiger partial charge in [-0.2, -0.15) is 0 Å². The highest BCUT2D eigenvalue weighted by molar-refractivity contribution is 5.68. The van der Waals surface area contributed by atoms with E-state index in [0.717, 1.165) is 5.56 Å². The fourth-order valence-electron chi connectivity index (χ4n) is 1.84. The van der Waals surface area contributed by atoms with Crippen molar-refractivity contribution >= 4 is 6.09 Å². The summed E-state index contributed by atoms with van der Waals surface area (Å²) < 4.78 is 15.6. The zero-order valence-electron chi connectivity index (χ0n) is 11.1. The lowest BCUT2D eigenvalue weighted by atomic mass is 10.1. The van der Waals surface area contributed by atoms with Gasteiger partial charge in [-0.25, -0.2) is 4.79 Å². The van der Waals surface area contributed by atoms with E-state index in [1.165, 1.54) is 0 Å². The average molecular weight is 254 g/mol. The number of methoxy groups -OCH3 is 1. The largest absolute Gasteiger partial charge is 0.479 e. The Labute approximate surface area is 106 Å². The second-order valence-electron chi connectivity index (χ2n) is 5.25. The van der Waals surface area contributed by atoms with E-state index in [1.54, 1.807) is 12.0 Å². The lowest BCUT2D eigenvalue weighted by Crippen LogP contribution is -2.39. The van der Waals surface area contributed by atoms with Crippen LogP contribution in [0.2, 0.25) is 0 Å². The van der Waals surface area contributed by atoms with Gasteiger partial charge >= 0.3 is 6.09 Å².